The first kappa shape index (κ1) is 41.9. The van der Waals surface area contributed by atoms with Crippen LogP contribution in [-0.2, 0) is 33.2 Å². The van der Waals surface area contributed by atoms with Gasteiger partial charge < -0.3 is 63.9 Å². The van der Waals surface area contributed by atoms with Gasteiger partial charge in [0.05, 0.1) is 42.6 Å². The number of ether oxygens (including phenoxy) is 6. The van der Waals surface area contributed by atoms with E-state index in [2.05, 4.69) is 0 Å². The van der Waals surface area contributed by atoms with Gasteiger partial charge in [0.25, 0.3) is 0 Å². The molecule has 3 aliphatic carbocycles. The molecular formula is C37H53NaO14. The monoisotopic (exact) mass is 744 g/mol. The Kier molecular flexibility index (Phi) is 15.4. The summed E-state index contributed by atoms with van der Waals surface area (Å²) in [6, 6.07) is 8.14. The van der Waals surface area contributed by atoms with E-state index in [1.54, 1.807) is 37.3 Å². The largest absolute Gasteiger partial charge is 1.00 e. The molecule has 2 heterocycles. The van der Waals surface area contributed by atoms with Gasteiger partial charge in [-0.15, -0.1) is 0 Å². The second-order valence-corrected chi connectivity index (χ2v) is 15.0. The van der Waals surface area contributed by atoms with Crippen LogP contribution in [0.25, 0.3) is 0 Å². The zero-order valence-corrected chi connectivity index (χ0v) is 32.0. The number of aliphatic hydroxyl groups is 5. The Morgan fingerprint density at radius 1 is 0.808 bits per heavy atom. The van der Waals surface area contributed by atoms with E-state index in [1.165, 1.54) is 0 Å². The molecule has 3 saturated carbocycles. The van der Waals surface area contributed by atoms with Crippen molar-refractivity contribution >= 4 is 11.9 Å². The van der Waals surface area contributed by atoms with Crippen LogP contribution in [0.5, 0.6) is 0 Å². The number of aliphatic carboxylic acids is 1. The normalized spacial score (nSPS) is 39.2. The molecular weight excluding hydrogens is 691 g/mol. The number of hydrogen-bond acceptors (Lipinski definition) is 14. The summed E-state index contributed by atoms with van der Waals surface area (Å²) in [6.07, 6.45) is -7.85. The molecule has 1 aromatic carbocycles. The number of esters is 1. The van der Waals surface area contributed by atoms with Crippen molar-refractivity contribution in [2.24, 2.45) is 17.8 Å². The molecule has 0 radical (unpaired) electrons. The summed E-state index contributed by atoms with van der Waals surface area (Å²) in [4.78, 5) is 26.0. The molecule has 15 heteroatoms. The molecule has 0 spiro atoms. The molecule has 14 nitrogen and oxygen atoms in total. The van der Waals surface area contributed by atoms with Crippen LogP contribution in [0.4, 0.5) is 0 Å². The Bertz CT molecular complexity index is 1280. The SMILES string of the molecule is C[C@@H]1O[C@@H](O[C@@H]2C(C3CC3)CCC[C@H]2O[C@@H]2O[C@H](CO)[C@H](O)[C@H](O[C@@H](CC3CCCCC3)C(=O)[O-])[C@H]2OC(=O)c2ccccc2)[C@@H](O)[C@H](O)[C@@H]1O.[Na+]. The Hall–Kier alpha value is -1.24. The van der Waals surface area contributed by atoms with Gasteiger partial charge in [-0.05, 0) is 68.9 Å². The number of hydrogen-bond donors (Lipinski definition) is 5. The van der Waals surface area contributed by atoms with Crippen LogP contribution in [-0.4, -0.2) is 124 Å². The molecule has 2 aliphatic heterocycles. The quantitative estimate of drug-likeness (QED) is 0.105. The van der Waals surface area contributed by atoms with Crippen LogP contribution in [0.3, 0.4) is 0 Å². The van der Waals surface area contributed by atoms with Crippen molar-refractivity contribution in [3.05, 3.63) is 35.9 Å². The van der Waals surface area contributed by atoms with Crippen LogP contribution in [0.15, 0.2) is 30.3 Å². The second-order valence-electron chi connectivity index (χ2n) is 15.0. The van der Waals surface area contributed by atoms with E-state index in [0.717, 1.165) is 57.8 Å². The molecule has 2 saturated heterocycles. The first-order valence-corrected chi connectivity index (χ1v) is 18.6. The summed E-state index contributed by atoms with van der Waals surface area (Å²) in [6.45, 7) is 0.897. The van der Waals surface area contributed by atoms with Gasteiger partial charge >= 0.3 is 35.5 Å². The van der Waals surface area contributed by atoms with Crippen molar-refractivity contribution < 1.29 is 98.2 Å². The minimum absolute atomic E-state index is 0. The summed E-state index contributed by atoms with van der Waals surface area (Å²) in [5, 5.41) is 65.8. The van der Waals surface area contributed by atoms with Gasteiger partial charge in [0.2, 0.25) is 0 Å². The molecule has 6 rings (SSSR count). The Balaban J connectivity index is 0.00000523. The smallest absolute Gasteiger partial charge is 0.547 e. The van der Waals surface area contributed by atoms with Gasteiger partial charge in [0.1, 0.15) is 36.6 Å². The number of carboxylic acids is 1. The molecule has 5 N–H and O–H groups in total. The Morgan fingerprint density at radius 3 is 2.17 bits per heavy atom. The molecule has 14 atom stereocenters. The van der Waals surface area contributed by atoms with Crippen LogP contribution >= 0.6 is 0 Å². The van der Waals surface area contributed by atoms with Gasteiger partial charge in [-0.3, -0.25) is 0 Å². The van der Waals surface area contributed by atoms with Crippen molar-refractivity contribution in [3.63, 3.8) is 0 Å². The van der Waals surface area contributed by atoms with E-state index >= 15 is 0 Å². The average molecular weight is 745 g/mol. The maximum absolute atomic E-state index is 13.5. The first-order valence-electron chi connectivity index (χ1n) is 18.6. The molecule has 52 heavy (non-hydrogen) atoms. The van der Waals surface area contributed by atoms with Crippen LogP contribution in [0.2, 0.25) is 0 Å². The third-order valence-electron chi connectivity index (χ3n) is 11.4. The van der Waals surface area contributed by atoms with E-state index in [-0.39, 0.29) is 53.4 Å². The van der Waals surface area contributed by atoms with Crippen molar-refractivity contribution in [3.8, 4) is 0 Å². The minimum atomic E-state index is -1.60. The molecule has 0 amide bonds. The number of benzene rings is 1. The predicted molar refractivity (Wildman–Crippen MR) is 174 cm³/mol. The predicted octanol–water partition coefficient (Wildman–Crippen LogP) is -2.42. The van der Waals surface area contributed by atoms with Gasteiger partial charge in [0.15, 0.2) is 18.7 Å². The topological polar surface area (TPSA) is 214 Å². The fourth-order valence-electron chi connectivity index (χ4n) is 8.29. The molecule has 0 bridgehead atoms. The zero-order valence-electron chi connectivity index (χ0n) is 30.0. The summed E-state index contributed by atoms with van der Waals surface area (Å²) in [5.41, 5.74) is 0.193. The van der Waals surface area contributed by atoms with E-state index in [4.69, 9.17) is 28.4 Å². The molecule has 1 aromatic rings. The Labute approximate surface area is 326 Å². The van der Waals surface area contributed by atoms with Gasteiger partial charge in [0, 0.05) is 0 Å². The number of carbonyl (C=O) groups is 2. The van der Waals surface area contributed by atoms with Gasteiger partial charge in [-0.1, -0.05) is 56.7 Å². The zero-order chi connectivity index (χ0) is 36.2. The Morgan fingerprint density at radius 2 is 1.52 bits per heavy atom. The molecule has 5 aliphatic rings. The third kappa shape index (κ3) is 9.94. The maximum atomic E-state index is 13.5. The van der Waals surface area contributed by atoms with Crippen molar-refractivity contribution in [2.45, 2.75) is 157 Å². The third-order valence-corrected chi connectivity index (χ3v) is 11.4. The number of carbonyl (C=O) groups excluding carboxylic acids is 2. The maximum Gasteiger partial charge on any atom is 1.00 e. The van der Waals surface area contributed by atoms with Crippen LogP contribution in [0.1, 0.15) is 87.9 Å². The summed E-state index contributed by atoms with van der Waals surface area (Å²) >= 11 is 0. The summed E-state index contributed by atoms with van der Waals surface area (Å²) < 4.78 is 37.0. The van der Waals surface area contributed by atoms with E-state index < -0.39 is 98.3 Å². The van der Waals surface area contributed by atoms with Crippen LogP contribution in [0, 0.1) is 17.8 Å². The molecule has 1 unspecified atom stereocenters. The molecule has 286 valence electrons. The number of aliphatic hydroxyl groups excluding tert-OH is 5. The van der Waals surface area contributed by atoms with E-state index in [1.807, 2.05) is 0 Å². The van der Waals surface area contributed by atoms with Crippen LogP contribution < -0.4 is 34.7 Å². The summed E-state index contributed by atoms with van der Waals surface area (Å²) in [7, 11) is 0. The molecule has 5 fully saturated rings. The van der Waals surface area contributed by atoms with Crippen molar-refractivity contribution in [2.75, 3.05) is 6.61 Å². The standard InChI is InChI=1S/C37H54O14.Na/c1-19-27(39)29(41)30(42)36(46-19)51-31-23(21-15-16-21)13-8-14-24(31)48-37-33(50-35(45)22-11-6-3-7-12-22)32(28(40)26(18-38)49-37)47-25(34(43)44)17-20-9-4-2-5-10-20;/h3,6-7,11-12,19-21,23-33,36-42H,2,4-5,8-10,13-18H2,1H3,(H,43,44);/q;+1/p-1/t19-,23?,24+,25-,26+,27+,28-,29+,30-,31+,32-,33+,36-,37+;/m0./s1. The second kappa shape index (κ2) is 19.1. The fourth-order valence-corrected chi connectivity index (χ4v) is 8.29. The number of carboxylic acid groups (broad SMARTS) is 1. The molecule has 0 aromatic heterocycles. The summed E-state index contributed by atoms with van der Waals surface area (Å²) in [5.74, 6) is -1.88. The van der Waals surface area contributed by atoms with Crippen molar-refractivity contribution in [1.29, 1.82) is 0 Å². The minimum Gasteiger partial charge on any atom is -0.547 e. The first-order chi connectivity index (χ1) is 24.5. The van der Waals surface area contributed by atoms with E-state index in [9.17, 15) is 40.2 Å². The fraction of sp³-hybridized carbons (Fsp3) is 0.784. The van der Waals surface area contributed by atoms with Gasteiger partial charge in [-0.2, -0.15) is 0 Å². The number of rotatable bonds is 13. The van der Waals surface area contributed by atoms with Crippen molar-refractivity contribution in [1.82, 2.24) is 0 Å². The van der Waals surface area contributed by atoms with Gasteiger partial charge in [-0.25, -0.2) is 4.79 Å². The van der Waals surface area contributed by atoms with E-state index in [0.29, 0.717) is 12.3 Å². The average Bonchev–Trinajstić information content (AvgIpc) is 3.98.